The van der Waals surface area contributed by atoms with Gasteiger partial charge in [-0.3, -0.25) is 9.59 Å². The van der Waals surface area contributed by atoms with E-state index >= 15 is 0 Å². The smallest absolute Gasteiger partial charge is 0.251 e. The highest BCUT2D eigenvalue weighted by atomic mass is 35.5. The van der Waals surface area contributed by atoms with E-state index in [1.807, 2.05) is 30.3 Å². The van der Waals surface area contributed by atoms with E-state index in [0.717, 1.165) is 5.69 Å². The van der Waals surface area contributed by atoms with Crippen LogP contribution in [0.15, 0.2) is 54.6 Å². The van der Waals surface area contributed by atoms with Gasteiger partial charge in [0.05, 0.1) is 6.54 Å². The Morgan fingerprint density at radius 2 is 1.67 bits per heavy atom. The fourth-order valence-corrected chi connectivity index (χ4v) is 1.90. The summed E-state index contributed by atoms with van der Waals surface area (Å²) in [6.07, 6.45) is 0. The van der Waals surface area contributed by atoms with Crippen LogP contribution < -0.4 is 10.2 Å². The van der Waals surface area contributed by atoms with Crippen molar-refractivity contribution in [1.82, 2.24) is 5.32 Å². The molecule has 0 heterocycles. The lowest BCUT2D eigenvalue weighted by atomic mass is 10.2. The van der Waals surface area contributed by atoms with E-state index in [-0.39, 0.29) is 18.4 Å². The summed E-state index contributed by atoms with van der Waals surface area (Å²) in [7, 11) is 1.67. The van der Waals surface area contributed by atoms with Crippen LogP contribution in [-0.4, -0.2) is 25.4 Å². The van der Waals surface area contributed by atoms with Crippen LogP contribution in [0.1, 0.15) is 10.4 Å². The molecule has 1 N–H and O–H groups in total. The Balaban J connectivity index is 1.92. The molecule has 5 heteroatoms. The highest BCUT2D eigenvalue weighted by molar-refractivity contribution is 6.30. The van der Waals surface area contributed by atoms with E-state index < -0.39 is 0 Å². The summed E-state index contributed by atoms with van der Waals surface area (Å²) >= 11 is 5.76. The number of para-hydroxylation sites is 1. The van der Waals surface area contributed by atoms with Gasteiger partial charge in [-0.15, -0.1) is 0 Å². The first-order chi connectivity index (χ1) is 10.1. The van der Waals surface area contributed by atoms with E-state index in [4.69, 9.17) is 11.6 Å². The molecule has 0 aromatic heterocycles. The molecule has 0 saturated carbocycles. The lowest BCUT2D eigenvalue weighted by Crippen LogP contribution is -2.38. The van der Waals surface area contributed by atoms with E-state index in [2.05, 4.69) is 5.32 Å². The zero-order valence-electron chi connectivity index (χ0n) is 11.5. The number of amides is 2. The molecule has 4 nitrogen and oxygen atoms in total. The maximum atomic E-state index is 12.0. The third kappa shape index (κ3) is 4.07. The van der Waals surface area contributed by atoms with Crippen LogP contribution in [0.2, 0.25) is 5.02 Å². The number of nitrogens with zero attached hydrogens (tertiary/aromatic N) is 1. The third-order valence-corrected chi connectivity index (χ3v) is 3.28. The van der Waals surface area contributed by atoms with Crippen LogP contribution in [0.3, 0.4) is 0 Å². The van der Waals surface area contributed by atoms with Crippen molar-refractivity contribution < 1.29 is 9.59 Å². The molecule has 0 fully saturated rings. The fraction of sp³-hybridized carbons (Fsp3) is 0.125. The van der Waals surface area contributed by atoms with Crippen LogP contribution in [0.4, 0.5) is 5.69 Å². The Hall–Kier alpha value is -2.33. The number of hydrogen-bond donors (Lipinski definition) is 1. The molecule has 2 rings (SSSR count). The number of hydrogen-bond acceptors (Lipinski definition) is 2. The van der Waals surface area contributed by atoms with Crippen molar-refractivity contribution in [2.75, 3.05) is 18.5 Å². The van der Waals surface area contributed by atoms with Gasteiger partial charge in [0.15, 0.2) is 0 Å². The molecular weight excluding hydrogens is 288 g/mol. The molecule has 0 aliphatic rings. The van der Waals surface area contributed by atoms with Gasteiger partial charge in [-0.05, 0) is 36.4 Å². The van der Waals surface area contributed by atoms with Gasteiger partial charge < -0.3 is 10.2 Å². The molecule has 0 saturated heterocycles. The van der Waals surface area contributed by atoms with Crippen LogP contribution in [0.5, 0.6) is 0 Å². The molecule has 0 radical (unpaired) electrons. The Bertz CT molecular complexity index is 626. The van der Waals surface area contributed by atoms with Crippen molar-refractivity contribution in [3.63, 3.8) is 0 Å². The molecule has 0 spiro atoms. The number of carbonyl (C=O) groups is 2. The van der Waals surface area contributed by atoms with Gasteiger partial charge in [-0.25, -0.2) is 0 Å². The molecule has 2 aromatic carbocycles. The fourth-order valence-electron chi connectivity index (χ4n) is 1.77. The Morgan fingerprint density at radius 1 is 1.05 bits per heavy atom. The number of rotatable bonds is 4. The van der Waals surface area contributed by atoms with Crippen LogP contribution in [0, 0.1) is 0 Å². The number of nitrogens with one attached hydrogen (secondary N) is 1. The largest absolute Gasteiger partial charge is 0.343 e. The van der Waals surface area contributed by atoms with E-state index in [1.165, 1.54) is 4.90 Å². The predicted molar refractivity (Wildman–Crippen MR) is 83.6 cm³/mol. The highest BCUT2D eigenvalue weighted by Crippen LogP contribution is 2.11. The standard InChI is InChI=1S/C16H15ClN2O2/c1-19(14-5-3-2-4-6-14)15(20)11-18-16(21)12-7-9-13(17)10-8-12/h2-10H,11H2,1H3,(H,18,21). The second-order valence-electron chi connectivity index (χ2n) is 4.48. The summed E-state index contributed by atoms with van der Waals surface area (Å²) in [6, 6.07) is 15.7. The quantitative estimate of drug-likeness (QED) is 0.944. The first kappa shape index (κ1) is 15.1. The molecule has 21 heavy (non-hydrogen) atoms. The average molecular weight is 303 g/mol. The van der Waals surface area contributed by atoms with Gasteiger partial charge >= 0.3 is 0 Å². The number of halogens is 1. The first-order valence-electron chi connectivity index (χ1n) is 6.43. The number of anilines is 1. The van der Waals surface area contributed by atoms with Crippen LogP contribution >= 0.6 is 11.6 Å². The van der Waals surface area contributed by atoms with Crippen LogP contribution in [-0.2, 0) is 4.79 Å². The maximum Gasteiger partial charge on any atom is 0.251 e. The monoisotopic (exact) mass is 302 g/mol. The van der Waals surface area contributed by atoms with Crippen molar-refractivity contribution in [1.29, 1.82) is 0 Å². The number of carbonyl (C=O) groups excluding carboxylic acids is 2. The van der Waals surface area contributed by atoms with Crippen molar-refractivity contribution >= 4 is 29.1 Å². The first-order valence-corrected chi connectivity index (χ1v) is 6.81. The van der Waals surface area contributed by atoms with Gasteiger partial charge in [0.25, 0.3) is 5.91 Å². The van der Waals surface area contributed by atoms with Gasteiger partial charge in [-0.2, -0.15) is 0 Å². The van der Waals surface area contributed by atoms with Crippen molar-refractivity contribution in [3.8, 4) is 0 Å². The van der Waals surface area contributed by atoms with Crippen molar-refractivity contribution in [3.05, 3.63) is 65.2 Å². The Kier molecular flexibility index (Phi) is 4.95. The minimum atomic E-state index is -0.304. The summed E-state index contributed by atoms with van der Waals surface area (Å²) in [5, 5.41) is 3.16. The second kappa shape index (κ2) is 6.90. The molecule has 0 aliphatic carbocycles. The zero-order chi connectivity index (χ0) is 15.2. The SMILES string of the molecule is CN(C(=O)CNC(=O)c1ccc(Cl)cc1)c1ccccc1. The summed E-state index contributed by atoms with van der Waals surface area (Å²) in [6.45, 7) is -0.0626. The maximum absolute atomic E-state index is 12.0. The molecule has 0 bridgehead atoms. The van der Waals surface area contributed by atoms with Crippen molar-refractivity contribution in [2.24, 2.45) is 0 Å². The minimum absolute atomic E-state index is 0.0626. The summed E-state index contributed by atoms with van der Waals surface area (Å²) in [5.41, 5.74) is 1.25. The summed E-state index contributed by atoms with van der Waals surface area (Å²) in [4.78, 5) is 25.4. The Morgan fingerprint density at radius 3 is 2.29 bits per heavy atom. The van der Waals surface area contributed by atoms with Crippen molar-refractivity contribution in [2.45, 2.75) is 0 Å². The lowest BCUT2D eigenvalue weighted by Gasteiger charge is -2.17. The molecule has 2 aromatic rings. The molecular formula is C16H15ClN2O2. The lowest BCUT2D eigenvalue weighted by molar-refractivity contribution is -0.117. The number of benzene rings is 2. The molecule has 0 aliphatic heterocycles. The topological polar surface area (TPSA) is 49.4 Å². The van der Waals surface area contributed by atoms with Gasteiger partial charge in [0.2, 0.25) is 5.91 Å². The second-order valence-corrected chi connectivity index (χ2v) is 4.91. The third-order valence-electron chi connectivity index (χ3n) is 3.02. The highest BCUT2D eigenvalue weighted by Gasteiger charge is 2.12. The van der Waals surface area contributed by atoms with Gasteiger partial charge in [0, 0.05) is 23.3 Å². The Labute approximate surface area is 128 Å². The van der Waals surface area contributed by atoms with E-state index in [0.29, 0.717) is 10.6 Å². The van der Waals surface area contributed by atoms with E-state index in [1.54, 1.807) is 31.3 Å². The molecule has 0 unspecified atom stereocenters. The van der Waals surface area contributed by atoms with Gasteiger partial charge in [-0.1, -0.05) is 29.8 Å². The normalized spacial score (nSPS) is 10.0. The molecule has 2 amide bonds. The molecule has 108 valence electrons. The van der Waals surface area contributed by atoms with Gasteiger partial charge in [0.1, 0.15) is 0 Å². The number of likely N-dealkylation sites (N-methyl/N-ethyl adjacent to an activating group) is 1. The summed E-state index contributed by atoms with van der Waals surface area (Å²) in [5.74, 6) is -0.495. The molecule has 0 atom stereocenters. The van der Waals surface area contributed by atoms with E-state index in [9.17, 15) is 9.59 Å². The van der Waals surface area contributed by atoms with Crippen LogP contribution in [0.25, 0.3) is 0 Å². The minimum Gasteiger partial charge on any atom is -0.343 e. The zero-order valence-corrected chi connectivity index (χ0v) is 12.3. The predicted octanol–water partition coefficient (Wildman–Crippen LogP) is 2.73. The average Bonchev–Trinajstić information content (AvgIpc) is 2.53. The summed E-state index contributed by atoms with van der Waals surface area (Å²) < 4.78 is 0.